The van der Waals surface area contributed by atoms with Crippen molar-refractivity contribution in [1.82, 2.24) is 0 Å². The van der Waals surface area contributed by atoms with Gasteiger partial charge in [-0.15, -0.1) is 0 Å². The molecule has 1 atom stereocenters. The monoisotopic (exact) mass is 198 g/mol. The molecule has 0 bridgehead atoms. The van der Waals surface area contributed by atoms with Crippen molar-refractivity contribution in [2.75, 3.05) is 12.4 Å². The number of esters is 1. The Morgan fingerprint density at radius 1 is 1.89 bits per heavy atom. The molecule has 0 aliphatic rings. The van der Waals surface area contributed by atoms with E-state index in [0.717, 1.165) is 14.0 Å². The minimum atomic E-state index is -1.89. The highest BCUT2D eigenvalue weighted by molar-refractivity contribution is 9.09. The van der Waals surface area contributed by atoms with Gasteiger partial charge in [-0.2, -0.15) is 0 Å². The third-order valence-corrected chi connectivity index (χ3v) is 1.92. The molecule has 0 spiro atoms. The van der Waals surface area contributed by atoms with E-state index in [1.165, 1.54) is 0 Å². The van der Waals surface area contributed by atoms with Crippen LogP contribution >= 0.6 is 15.9 Å². The van der Waals surface area contributed by atoms with E-state index in [2.05, 4.69) is 20.7 Å². The summed E-state index contributed by atoms with van der Waals surface area (Å²) in [6.07, 6.45) is 0. The Bertz CT molecular complexity index is 114. The summed E-state index contributed by atoms with van der Waals surface area (Å²) in [6, 6.07) is 0. The molecule has 0 rings (SSSR count). The first kappa shape index (κ1) is 8.88. The van der Waals surface area contributed by atoms with Gasteiger partial charge in [0.1, 0.15) is 0 Å². The number of alkyl halides is 2. The fourth-order valence-electron chi connectivity index (χ4n) is 0.267. The van der Waals surface area contributed by atoms with Crippen LogP contribution in [0.4, 0.5) is 4.39 Å². The highest BCUT2D eigenvalue weighted by atomic mass is 79.9. The van der Waals surface area contributed by atoms with Crippen LogP contribution in [0.5, 0.6) is 0 Å². The molecule has 0 amide bonds. The lowest BCUT2D eigenvalue weighted by Crippen LogP contribution is -2.32. The molecular formula is C5H8BrFO2. The van der Waals surface area contributed by atoms with Gasteiger partial charge in [-0.25, -0.2) is 9.18 Å². The van der Waals surface area contributed by atoms with Crippen LogP contribution in [0.15, 0.2) is 0 Å². The number of carbonyl (C=O) groups is 1. The molecule has 0 radical (unpaired) electrons. The third-order valence-electron chi connectivity index (χ3n) is 0.862. The SMILES string of the molecule is COC(=O)C(C)(F)CBr. The molecule has 0 aliphatic carbocycles. The van der Waals surface area contributed by atoms with Crippen LogP contribution in [-0.4, -0.2) is 24.1 Å². The Morgan fingerprint density at radius 3 is 2.44 bits per heavy atom. The molecule has 0 aliphatic heterocycles. The van der Waals surface area contributed by atoms with Gasteiger partial charge in [-0.05, 0) is 6.92 Å². The van der Waals surface area contributed by atoms with Gasteiger partial charge in [0.15, 0.2) is 0 Å². The fourth-order valence-corrected chi connectivity index (χ4v) is 0.496. The molecule has 4 heteroatoms. The summed E-state index contributed by atoms with van der Waals surface area (Å²) >= 11 is 2.84. The number of carbonyl (C=O) groups excluding carboxylic acids is 1. The molecule has 0 saturated carbocycles. The van der Waals surface area contributed by atoms with Crippen molar-refractivity contribution in [3.05, 3.63) is 0 Å². The molecule has 0 aromatic heterocycles. The zero-order chi connectivity index (χ0) is 7.49. The molecule has 0 aromatic rings. The summed E-state index contributed by atoms with van der Waals surface area (Å²) in [5.74, 6) is -0.848. The van der Waals surface area contributed by atoms with Crippen molar-refractivity contribution in [2.24, 2.45) is 0 Å². The van der Waals surface area contributed by atoms with Crippen LogP contribution in [0.1, 0.15) is 6.92 Å². The lowest BCUT2D eigenvalue weighted by atomic mass is 10.2. The number of ether oxygens (including phenoxy) is 1. The van der Waals surface area contributed by atoms with Crippen molar-refractivity contribution in [3.8, 4) is 0 Å². The summed E-state index contributed by atoms with van der Waals surface area (Å²) < 4.78 is 16.9. The van der Waals surface area contributed by atoms with Crippen molar-refractivity contribution in [1.29, 1.82) is 0 Å². The number of hydrogen-bond donors (Lipinski definition) is 0. The van der Waals surface area contributed by atoms with E-state index >= 15 is 0 Å². The Balaban J connectivity index is 3.97. The summed E-state index contributed by atoms with van der Waals surface area (Å²) in [4.78, 5) is 10.4. The van der Waals surface area contributed by atoms with Crippen LogP contribution in [0.25, 0.3) is 0 Å². The molecule has 0 aromatic carbocycles. The first-order valence-corrected chi connectivity index (χ1v) is 3.50. The van der Waals surface area contributed by atoms with Crippen molar-refractivity contribution in [3.63, 3.8) is 0 Å². The average molecular weight is 199 g/mol. The molecule has 2 nitrogen and oxygen atoms in total. The Hall–Kier alpha value is -0.120. The van der Waals surface area contributed by atoms with E-state index in [9.17, 15) is 9.18 Å². The Labute approximate surface area is 61.5 Å². The molecule has 1 unspecified atom stereocenters. The molecule has 9 heavy (non-hydrogen) atoms. The minimum Gasteiger partial charge on any atom is -0.467 e. The molecule has 0 heterocycles. The minimum absolute atomic E-state index is 0.0350. The maximum absolute atomic E-state index is 12.7. The van der Waals surface area contributed by atoms with Crippen LogP contribution in [0.2, 0.25) is 0 Å². The molecule has 54 valence electrons. The summed E-state index contributed by atoms with van der Waals surface area (Å²) in [5, 5.41) is -0.0350. The zero-order valence-corrected chi connectivity index (χ0v) is 6.87. The second-order valence-corrected chi connectivity index (χ2v) is 2.38. The van der Waals surface area contributed by atoms with Crippen molar-refractivity contribution in [2.45, 2.75) is 12.6 Å². The van der Waals surface area contributed by atoms with Gasteiger partial charge in [0.05, 0.1) is 7.11 Å². The topological polar surface area (TPSA) is 26.3 Å². The van der Waals surface area contributed by atoms with E-state index < -0.39 is 11.6 Å². The Kier molecular flexibility index (Phi) is 3.11. The van der Waals surface area contributed by atoms with Crippen LogP contribution in [0.3, 0.4) is 0 Å². The third kappa shape index (κ3) is 2.30. The zero-order valence-electron chi connectivity index (χ0n) is 5.28. The molecule has 0 saturated heterocycles. The lowest BCUT2D eigenvalue weighted by Gasteiger charge is -2.12. The van der Waals surface area contributed by atoms with Gasteiger partial charge in [0.2, 0.25) is 5.67 Å². The van der Waals surface area contributed by atoms with Crippen molar-refractivity contribution >= 4 is 21.9 Å². The lowest BCUT2D eigenvalue weighted by molar-refractivity contribution is -0.151. The number of rotatable bonds is 2. The van der Waals surface area contributed by atoms with Crippen molar-refractivity contribution < 1.29 is 13.9 Å². The van der Waals surface area contributed by atoms with E-state index in [-0.39, 0.29) is 5.33 Å². The number of hydrogen-bond acceptors (Lipinski definition) is 2. The normalized spacial score (nSPS) is 16.4. The summed E-state index contributed by atoms with van der Waals surface area (Å²) in [6.45, 7) is 1.16. The van der Waals surface area contributed by atoms with Gasteiger partial charge in [-0.1, -0.05) is 15.9 Å². The largest absolute Gasteiger partial charge is 0.467 e. The predicted octanol–water partition coefficient (Wildman–Crippen LogP) is 1.28. The molecule has 0 N–H and O–H groups in total. The molecular weight excluding hydrogens is 191 g/mol. The maximum atomic E-state index is 12.7. The fraction of sp³-hybridized carbons (Fsp3) is 0.800. The highest BCUT2D eigenvalue weighted by Crippen LogP contribution is 2.14. The van der Waals surface area contributed by atoms with Crippen LogP contribution in [-0.2, 0) is 9.53 Å². The molecule has 0 fully saturated rings. The van der Waals surface area contributed by atoms with Gasteiger partial charge < -0.3 is 4.74 Å². The van der Waals surface area contributed by atoms with Gasteiger partial charge >= 0.3 is 5.97 Å². The smallest absolute Gasteiger partial charge is 0.344 e. The van der Waals surface area contributed by atoms with E-state index in [4.69, 9.17) is 0 Å². The van der Waals surface area contributed by atoms with E-state index in [1.54, 1.807) is 0 Å². The second kappa shape index (κ2) is 3.15. The highest BCUT2D eigenvalue weighted by Gasteiger charge is 2.32. The number of halogens is 2. The maximum Gasteiger partial charge on any atom is 0.344 e. The summed E-state index contributed by atoms with van der Waals surface area (Å²) in [5.41, 5.74) is -1.89. The summed E-state index contributed by atoms with van der Waals surface area (Å²) in [7, 11) is 1.16. The average Bonchev–Trinajstić information content (AvgIpc) is 1.86. The van der Waals surface area contributed by atoms with E-state index in [0.29, 0.717) is 0 Å². The Morgan fingerprint density at radius 2 is 2.33 bits per heavy atom. The van der Waals surface area contributed by atoms with Crippen LogP contribution in [0, 0.1) is 0 Å². The standard InChI is InChI=1S/C5H8BrFO2/c1-5(7,3-6)4(8)9-2/h3H2,1-2H3. The first-order valence-electron chi connectivity index (χ1n) is 2.38. The quantitative estimate of drug-likeness (QED) is 0.494. The van der Waals surface area contributed by atoms with Gasteiger partial charge in [0, 0.05) is 5.33 Å². The van der Waals surface area contributed by atoms with Crippen LogP contribution < -0.4 is 0 Å². The van der Waals surface area contributed by atoms with E-state index in [1.807, 2.05) is 0 Å². The second-order valence-electron chi connectivity index (χ2n) is 1.82. The van der Waals surface area contributed by atoms with Gasteiger partial charge in [0.25, 0.3) is 0 Å². The predicted molar refractivity (Wildman–Crippen MR) is 35.3 cm³/mol. The van der Waals surface area contributed by atoms with Gasteiger partial charge in [-0.3, -0.25) is 0 Å². The first-order chi connectivity index (χ1) is 4.04. The number of methoxy groups -OCH3 is 1.